The minimum absolute atomic E-state index is 0.00317. The molecule has 2 fully saturated rings. The summed E-state index contributed by atoms with van der Waals surface area (Å²) in [7, 11) is 4.61. The smallest absolute Gasteiger partial charge is 0.416 e. The molecule has 6 amide bonds. The van der Waals surface area contributed by atoms with Crippen LogP contribution in [0.15, 0.2) is 158 Å². The predicted octanol–water partition coefficient (Wildman–Crippen LogP) is 12.0. The van der Waals surface area contributed by atoms with Crippen LogP contribution in [0.2, 0.25) is 0 Å². The lowest BCUT2D eigenvalue weighted by molar-refractivity contribution is -0.132. The third-order valence-corrected chi connectivity index (χ3v) is 22.4. The van der Waals surface area contributed by atoms with E-state index in [-0.39, 0.29) is 141 Å². The molecule has 25 heteroatoms. The van der Waals surface area contributed by atoms with E-state index in [9.17, 15) is 48.3 Å². The lowest BCUT2D eigenvalue weighted by Crippen LogP contribution is -2.50. The molecule has 3 N–H and O–H groups in total. The number of hydrogen-bond donors (Lipinski definition) is 3. The number of fused-ring (bicyclic) bond motifs is 9. The summed E-state index contributed by atoms with van der Waals surface area (Å²) in [6.07, 6.45) is 3.61. The molecule has 5 aliphatic heterocycles. The van der Waals surface area contributed by atoms with Gasteiger partial charge in [-0.15, -0.1) is 5.10 Å². The summed E-state index contributed by atoms with van der Waals surface area (Å²) in [5, 5.41) is 26.8. The highest BCUT2D eigenvalue weighted by Crippen LogP contribution is 2.57. The zero-order valence-electron chi connectivity index (χ0n) is 64.3. The number of carbonyl (C=O) groups is 9. The molecule has 0 bridgehead atoms. The molecular formula is C88H93N9O16. The van der Waals surface area contributed by atoms with Crippen LogP contribution in [-0.2, 0) is 65.9 Å². The molecule has 0 radical (unpaired) electrons. The van der Waals surface area contributed by atoms with Crippen LogP contribution in [0.5, 0.6) is 28.7 Å². The third kappa shape index (κ3) is 17.1. The van der Waals surface area contributed by atoms with Crippen LogP contribution >= 0.6 is 0 Å². The van der Waals surface area contributed by atoms with Crippen molar-refractivity contribution in [1.29, 1.82) is 0 Å². The van der Waals surface area contributed by atoms with E-state index in [1.807, 2.05) is 139 Å². The zero-order valence-corrected chi connectivity index (χ0v) is 64.3. The highest BCUT2D eigenvalue weighted by Gasteiger charge is 2.58. The topological polar surface area (TPSA) is 297 Å². The molecule has 1 saturated carbocycles. The standard InChI is InChI=1S/C88H93N9O16/c1-53(2)97-82-68-19-12-13-20-71(68)94(49-60-17-10-11-18-67(60)81(82)91-92-97)80(102)34-30-64(98)29-33-79(101)89-48-65(99)42-61(39-55-15-8-7-9-16-55)83(103)90-54(3)74(100)40-56-21-23-57(24-22-56)51-113-87(107)96-72-46-78(76(110-6)45-70(72)85(105)95-52-88(35-36-88)47-73(95)86(96)106)112-38-14-37-111-77-43-59-25-28-63-41-62(58-26-31-66(108-4)32-27-58)50-93(63)84(104)69(59)44-75(77)109-5/h7-13,15-24,26-27,31-32,43-46,50,53-54,61,63,73,86,106H,14,25,28-30,33-42,47-49,51-52H2,1-6H3,(H,89,101)(H,90,103)/t54-,61+,63+,73-,86?/m0/s1. The minimum atomic E-state index is -1.49. The number of aliphatic hydroxyl groups is 1. The Morgan fingerprint density at radius 1 is 0.664 bits per heavy atom. The summed E-state index contributed by atoms with van der Waals surface area (Å²) < 4.78 is 37.3. The second-order valence-corrected chi connectivity index (χ2v) is 30.4. The number of rotatable bonds is 30. The fraction of sp³-hybridized carbons (Fsp3) is 0.375. The van der Waals surface area contributed by atoms with Crippen molar-refractivity contribution in [3.05, 3.63) is 202 Å². The Hall–Kier alpha value is -12.0. The summed E-state index contributed by atoms with van der Waals surface area (Å²) in [6, 6.07) is 44.0. The van der Waals surface area contributed by atoms with Gasteiger partial charge in [0.15, 0.2) is 40.8 Å². The summed E-state index contributed by atoms with van der Waals surface area (Å²) >= 11 is 0. The van der Waals surface area contributed by atoms with Gasteiger partial charge in [0.25, 0.3) is 11.8 Å². The van der Waals surface area contributed by atoms with Crippen molar-refractivity contribution in [2.45, 2.75) is 154 Å². The maximum atomic E-state index is 14.6. The van der Waals surface area contributed by atoms with Crippen molar-refractivity contribution in [2.75, 3.05) is 57.4 Å². The molecule has 6 heterocycles. The van der Waals surface area contributed by atoms with Crippen molar-refractivity contribution < 1.29 is 76.7 Å². The fourth-order valence-electron chi connectivity index (χ4n) is 15.9. The second-order valence-electron chi connectivity index (χ2n) is 30.4. The Labute approximate surface area is 655 Å². The summed E-state index contributed by atoms with van der Waals surface area (Å²) in [5.41, 5.74) is 10.2. The van der Waals surface area contributed by atoms with Gasteiger partial charge in [0.1, 0.15) is 23.8 Å². The van der Waals surface area contributed by atoms with Crippen molar-refractivity contribution in [3.63, 3.8) is 0 Å². The van der Waals surface area contributed by atoms with Crippen LogP contribution < -0.4 is 44.1 Å². The monoisotopic (exact) mass is 1530 g/mol. The molecule has 586 valence electrons. The molecule has 8 aromatic rings. The van der Waals surface area contributed by atoms with E-state index in [4.69, 9.17) is 28.4 Å². The van der Waals surface area contributed by atoms with Gasteiger partial charge in [-0.3, -0.25) is 38.4 Å². The van der Waals surface area contributed by atoms with E-state index < -0.39 is 54.5 Å². The molecule has 25 nitrogen and oxygen atoms in total. The molecule has 14 rings (SSSR count). The maximum Gasteiger partial charge on any atom is 0.416 e. The molecule has 1 spiro atoms. The number of aliphatic hydroxyl groups excluding tert-OH is 1. The van der Waals surface area contributed by atoms with E-state index in [2.05, 4.69) is 20.9 Å². The van der Waals surface area contributed by atoms with Gasteiger partial charge in [-0.05, 0) is 146 Å². The van der Waals surface area contributed by atoms with E-state index in [0.717, 1.165) is 86.7 Å². The Kier molecular flexibility index (Phi) is 23.3. The lowest BCUT2D eigenvalue weighted by atomic mass is 9.92. The molecule has 5 atom stereocenters. The number of methoxy groups -OCH3 is 3. The van der Waals surface area contributed by atoms with Gasteiger partial charge in [-0.25, -0.2) is 14.4 Å². The van der Waals surface area contributed by atoms with E-state index >= 15 is 0 Å². The number of aryl methyl sites for hydroxylation is 1. The summed E-state index contributed by atoms with van der Waals surface area (Å²) in [5.74, 6) is -1.66. The molecule has 1 aliphatic carbocycles. The fourth-order valence-corrected chi connectivity index (χ4v) is 15.9. The van der Waals surface area contributed by atoms with Gasteiger partial charge in [0.2, 0.25) is 17.7 Å². The first kappa shape index (κ1) is 77.7. The lowest BCUT2D eigenvalue weighted by Gasteiger charge is -2.31. The van der Waals surface area contributed by atoms with Crippen molar-refractivity contribution >= 4 is 69.9 Å². The number of anilines is 2. The quantitative estimate of drug-likeness (QED) is 0.0352. The molecule has 7 aromatic carbocycles. The number of amides is 6. The first-order chi connectivity index (χ1) is 54.7. The maximum absolute atomic E-state index is 14.6. The number of ketones is 3. The number of carbonyl (C=O) groups excluding carboxylic acids is 9. The van der Waals surface area contributed by atoms with Crippen LogP contribution in [0, 0.1) is 11.3 Å². The second kappa shape index (κ2) is 33.9. The van der Waals surface area contributed by atoms with Gasteiger partial charge in [0, 0.05) is 98.4 Å². The van der Waals surface area contributed by atoms with Crippen molar-refractivity contribution in [2.24, 2.45) is 11.3 Å². The third-order valence-electron chi connectivity index (χ3n) is 22.4. The number of nitrogens with one attached hydrogen (secondary N) is 2. The van der Waals surface area contributed by atoms with Gasteiger partial charge in [-0.2, -0.15) is 0 Å². The Balaban J connectivity index is 0.556. The van der Waals surface area contributed by atoms with Crippen LogP contribution in [-0.4, -0.2) is 155 Å². The van der Waals surface area contributed by atoms with Crippen LogP contribution in [0.25, 0.3) is 28.1 Å². The number of ether oxygens (including phenoxy) is 6. The van der Waals surface area contributed by atoms with E-state index in [1.165, 1.54) is 26.4 Å². The molecule has 1 unspecified atom stereocenters. The van der Waals surface area contributed by atoms with E-state index in [0.29, 0.717) is 59.7 Å². The van der Waals surface area contributed by atoms with Crippen LogP contribution in [0.1, 0.15) is 152 Å². The largest absolute Gasteiger partial charge is 0.497 e. The highest BCUT2D eigenvalue weighted by molar-refractivity contribution is 6.07. The number of nitrogens with zero attached hydrogens (tertiary/aromatic N) is 7. The van der Waals surface area contributed by atoms with Gasteiger partial charge >= 0.3 is 6.09 Å². The number of hydrogen-bond acceptors (Lipinski definition) is 18. The first-order valence-electron chi connectivity index (χ1n) is 38.7. The Morgan fingerprint density at radius 3 is 2.06 bits per heavy atom. The average Bonchev–Trinajstić information content (AvgIpc) is 1.57. The molecule has 6 aliphatic rings. The number of aromatic nitrogens is 3. The number of Topliss-reactive ketones (excluding diaryl/α,β-unsaturated/α-hetero) is 3. The van der Waals surface area contributed by atoms with Crippen LogP contribution in [0.3, 0.4) is 0 Å². The van der Waals surface area contributed by atoms with Crippen LogP contribution in [0.4, 0.5) is 16.2 Å². The summed E-state index contributed by atoms with van der Waals surface area (Å²) in [6.45, 7) is 5.93. The number of para-hydroxylation sites is 1. The molecule has 113 heavy (non-hydrogen) atoms. The molecule has 1 aromatic heterocycles. The Bertz CT molecular complexity index is 5000. The normalized spacial score (nSPS) is 17.4. The number of benzene rings is 7. The SMILES string of the molecule is COc1ccc(C2=CN3C(=O)c4cc(OC)c(OCCCOc5cc6c(cc5OC)C(=O)N5CC7(CC7)C[C@H]5C(O)N6C(=O)OCc5ccc(CC(=O)[C@H](C)NC(=O)[C@@H](CC(=O)CNC(=O)CCC(=O)CCC(=O)N6Cc7ccccc7-c7nnn(C(C)C)c7-c7ccccc76)Cc6ccccc6)cc5)cc4CC[C@@H]3C2)cc1. The van der Waals surface area contributed by atoms with Gasteiger partial charge in [-0.1, -0.05) is 114 Å². The first-order valence-corrected chi connectivity index (χ1v) is 38.7. The van der Waals surface area contributed by atoms with Crippen molar-refractivity contribution in [1.82, 2.24) is 35.4 Å². The van der Waals surface area contributed by atoms with E-state index in [1.54, 1.807) is 54.2 Å². The van der Waals surface area contributed by atoms with Crippen molar-refractivity contribution in [3.8, 4) is 51.3 Å². The molecular weight excluding hydrogens is 1440 g/mol. The Morgan fingerprint density at radius 2 is 1.35 bits per heavy atom. The predicted molar refractivity (Wildman–Crippen MR) is 420 cm³/mol. The highest BCUT2D eigenvalue weighted by atomic mass is 16.6. The summed E-state index contributed by atoms with van der Waals surface area (Å²) in [4.78, 5) is 132. The average molecular weight is 1530 g/mol. The van der Waals surface area contributed by atoms with Gasteiger partial charge in [0.05, 0.1) is 82.3 Å². The van der Waals surface area contributed by atoms with Gasteiger partial charge < -0.3 is 58.9 Å². The zero-order chi connectivity index (χ0) is 79.2. The minimum Gasteiger partial charge on any atom is -0.497 e. The molecule has 1 saturated heterocycles.